The highest BCUT2D eigenvalue weighted by Crippen LogP contribution is 2.25. The van der Waals surface area contributed by atoms with Crippen molar-refractivity contribution in [3.63, 3.8) is 0 Å². The minimum absolute atomic E-state index is 0.0904. The van der Waals surface area contributed by atoms with Crippen molar-refractivity contribution in [1.29, 1.82) is 0 Å². The SMILES string of the molecule is CC[C@H](C(=O)NC(C)(C)C)N(CCc1ccccc1)C(=O)CN(c1cccc(C)c1)S(=O)(=O)c1ccccc1. The van der Waals surface area contributed by atoms with Crippen LogP contribution in [0.1, 0.15) is 45.2 Å². The molecule has 3 aromatic carbocycles. The van der Waals surface area contributed by atoms with Crippen LogP contribution in [0.5, 0.6) is 0 Å². The van der Waals surface area contributed by atoms with Gasteiger partial charge in [-0.2, -0.15) is 0 Å². The minimum atomic E-state index is -4.06. The first kappa shape index (κ1) is 29.9. The van der Waals surface area contributed by atoms with Crippen molar-refractivity contribution in [2.45, 2.75) is 63.9 Å². The minimum Gasteiger partial charge on any atom is -0.350 e. The van der Waals surface area contributed by atoms with Gasteiger partial charge in [0, 0.05) is 12.1 Å². The van der Waals surface area contributed by atoms with E-state index in [-0.39, 0.29) is 17.3 Å². The summed E-state index contributed by atoms with van der Waals surface area (Å²) in [4.78, 5) is 29.0. The third-order valence-corrected chi connectivity index (χ3v) is 8.06. The lowest BCUT2D eigenvalue weighted by Gasteiger charge is -2.34. The fourth-order valence-corrected chi connectivity index (χ4v) is 5.81. The van der Waals surface area contributed by atoms with Crippen LogP contribution in [0, 0.1) is 6.92 Å². The summed E-state index contributed by atoms with van der Waals surface area (Å²) < 4.78 is 28.8. The first-order chi connectivity index (χ1) is 18.4. The number of aryl methyl sites for hydroxylation is 1. The number of nitrogens with zero attached hydrogens (tertiary/aromatic N) is 2. The number of benzene rings is 3. The molecule has 0 aromatic heterocycles. The lowest BCUT2D eigenvalue weighted by Crippen LogP contribution is -2.56. The number of carbonyl (C=O) groups excluding carboxylic acids is 2. The molecule has 0 heterocycles. The number of hydrogen-bond acceptors (Lipinski definition) is 4. The van der Waals surface area contributed by atoms with Crippen LogP contribution in [0.2, 0.25) is 0 Å². The van der Waals surface area contributed by atoms with Gasteiger partial charge in [-0.05, 0) is 75.9 Å². The predicted octanol–water partition coefficient (Wildman–Crippen LogP) is 4.95. The molecule has 208 valence electrons. The number of nitrogens with one attached hydrogen (secondary N) is 1. The van der Waals surface area contributed by atoms with Gasteiger partial charge in [-0.1, -0.05) is 67.6 Å². The Kier molecular flexibility index (Phi) is 9.92. The summed E-state index contributed by atoms with van der Waals surface area (Å²) in [5, 5.41) is 2.99. The maximum atomic E-state index is 14.0. The highest BCUT2D eigenvalue weighted by Gasteiger charge is 2.34. The molecule has 0 fully saturated rings. The Morgan fingerprint density at radius 2 is 1.51 bits per heavy atom. The Morgan fingerprint density at radius 3 is 2.08 bits per heavy atom. The molecular weight excluding hydrogens is 510 g/mol. The van der Waals surface area contributed by atoms with E-state index in [0.717, 1.165) is 15.4 Å². The van der Waals surface area contributed by atoms with Crippen molar-refractivity contribution in [1.82, 2.24) is 10.2 Å². The molecule has 39 heavy (non-hydrogen) atoms. The number of amides is 2. The first-order valence-corrected chi connectivity index (χ1v) is 14.7. The molecule has 0 unspecified atom stereocenters. The van der Waals surface area contributed by atoms with Crippen LogP contribution in [0.25, 0.3) is 0 Å². The Morgan fingerprint density at radius 1 is 0.897 bits per heavy atom. The summed E-state index contributed by atoms with van der Waals surface area (Å²) >= 11 is 0. The standard InChI is InChI=1S/C31H39N3O4S/c1-6-28(30(36)32-31(3,4)5)33(21-20-25-15-9-7-10-16-25)29(35)23-34(26-17-13-14-24(2)22-26)39(37,38)27-18-11-8-12-19-27/h7-19,22,28H,6,20-21,23H2,1-5H3,(H,32,36)/t28-/m1/s1. The van der Waals surface area contributed by atoms with Gasteiger partial charge >= 0.3 is 0 Å². The molecule has 0 aliphatic heterocycles. The van der Waals surface area contributed by atoms with Gasteiger partial charge in [0.2, 0.25) is 11.8 Å². The second-order valence-corrected chi connectivity index (χ2v) is 12.5. The first-order valence-electron chi connectivity index (χ1n) is 13.2. The molecular formula is C31H39N3O4S. The topological polar surface area (TPSA) is 86.8 Å². The molecule has 0 aliphatic carbocycles. The third kappa shape index (κ3) is 8.17. The van der Waals surface area contributed by atoms with Crippen molar-refractivity contribution in [3.05, 3.63) is 96.1 Å². The van der Waals surface area contributed by atoms with Gasteiger partial charge in [-0.25, -0.2) is 8.42 Å². The third-order valence-electron chi connectivity index (χ3n) is 6.27. The van der Waals surface area contributed by atoms with E-state index in [0.29, 0.717) is 18.5 Å². The maximum absolute atomic E-state index is 14.0. The van der Waals surface area contributed by atoms with E-state index in [1.807, 2.05) is 71.0 Å². The van der Waals surface area contributed by atoms with E-state index in [2.05, 4.69) is 5.32 Å². The summed E-state index contributed by atoms with van der Waals surface area (Å²) in [6, 6.07) is 24.1. The molecule has 3 rings (SSSR count). The lowest BCUT2D eigenvalue weighted by atomic mass is 10.1. The molecule has 2 amide bonds. The van der Waals surface area contributed by atoms with E-state index in [9.17, 15) is 18.0 Å². The smallest absolute Gasteiger partial charge is 0.264 e. The van der Waals surface area contributed by atoms with Gasteiger partial charge in [0.15, 0.2) is 0 Å². The van der Waals surface area contributed by atoms with Gasteiger partial charge < -0.3 is 10.2 Å². The molecule has 7 nitrogen and oxygen atoms in total. The zero-order chi connectivity index (χ0) is 28.6. The number of hydrogen-bond donors (Lipinski definition) is 1. The molecule has 1 N–H and O–H groups in total. The molecule has 3 aromatic rings. The van der Waals surface area contributed by atoms with Crippen LogP contribution in [0.4, 0.5) is 5.69 Å². The van der Waals surface area contributed by atoms with Crippen molar-refractivity contribution >= 4 is 27.5 Å². The monoisotopic (exact) mass is 549 g/mol. The normalized spacial score (nSPS) is 12.4. The number of anilines is 1. The van der Waals surface area contributed by atoms with Crippen LogP contribution < -0.4 is 9.62 Å². The second kappa shape index (κ2) is 12.9. The fourth-order valence-electron chi connectivity index (χ4n) is 4.38. The van der Waals surface area contributed by atoms with Crippen molar-refractivity contribution in [2.24, 2.45) is 0 Å². The Bertz CT molecular complexity index is 1350. The lowest BCUT2D eigenvalue weighted by molar-refractivity contribution is -0.140. The highest BCUT2D eigenvalue weighted by molar-refractivity contribution is 7.92. The van der Waals surface area contributed by atoms with Crippen molar-refractivity contribution in [2.75, 3.05) is 17.4 Å². The number of carbonyl (C=O) groups is 2. The highest BCUT2D eigenvalue weighted by atomic mass is 32.2. The Labute approximate surface area is 232 Å². The molecule has 0 aliphatic rings. The molecule has 0 saturated carbocycles. The largest absolute Gasteiger partial charge is 0.350 e. The predicted molar refractivity (Wildman–Crippen MR) is 156 cm³/mol. The molecule has 0 saturated heterocycles. The molecule has 0 spiro atoms. The van der Waals surface area contributed by atoms with E-state index in [4.69, 9.17) is 0 Å². The average molecular weight is 550 g/mol. The van der Waals surface area contributed by atoms with Crippen LogP contribution >= 0.6 is 0 Å². The van der Waals surface area contributed by atoms with Gasteiger partial charge in [0.25, 0.3) is 10.0 Å². The van der Waals surface area contributed by atoms with Crippen molar-refractivity contribution in [3.8, 4) is 0 Å². The second-order valence-electron chi connectivity index (χ2n) is 10.6. The van der Waals surface area contributed by atoms with Crippen LogP contribution in [0.3, 0.4) is 0 Å². The number of rotatable bonds is 11. The summed E-state index contributed by atoms with van der Waals surface area (Å²) in [6.07, 6.45) is 0.917. The maximum Gasteiger partial charge on any atom is 0.264 e. The van der Waals surface area contributed by atoms with E-state index in [1.54, 1.807) is 36.4 Å². The zero-order valence-corrected chi connectivity index (χ0v) is 24.2. The molecule has 1 atom stereocenters. The van der Waals surface area contributed by atoms with Crippen LogP contribution in [-0.2, 0) is 26.0 Å². The zero-order valence-electron chi connectivity index (χ0n) is 23.4. The molecule has 0 radical (unpaired) electrons. The summed E-state index contributed by atoms with van der Waals surface area (Å²) in [5.41, 5.74) is 1.80. The van der Waals surface area contributed by atoms with Gasteiger partial charge in [0.05, 0.1) is 10.6 Å². The van der Waals surface area contributed by atoms with E-state index >= 15 is 0 Å². The summed E-state index contributed by atoms with van der Waals surface area (Å²) in [5.74, 6) is -0.706. The van der Waals surface area contributed by atoms with Gasteiger partial charge in [0.1, 0.15) is 12.6 Å². The summed E-state index contributed by atoms with van der Waals surface area (Å²) in [6.45, 7) is 9.23. The average Bonchev–Trinajstić information content (AvgIpc) is 2.89. The van der Waals surface area contributed by atoms with Crippen molar-refractivity contribution < 1.29 is 18.0 Å². The Hall–Kier alpha value is -3.65. The number of sulfonamides is 1. The molecule has 8 heteroatoms. The summed E-state index contributed by atoms with van der Waals surface area (Å²) in [7, 11) is -4.06. The van der Waals surface area contributed by atoms with Gasteiger partial charge in [-0.15, -0.1) is 0 Å². The van der Waals surface area contributed by atoms with Gasteiger partial charge in [-0.3, -0.25) is 13.9 Å². The quantitative estimate of drug-likeness (QED) is 0.367. The fraction of sp³-hybridized carbons (Fsp3) is 0.355. The van der Waals surface area contributed by atoms with Crippen LogP contribution in [0.15, 0.2) is 89.8 Å². The Balaban J connectivity index is 2.01. The van der Waals surface area contributed by atoms with Crippen LogP contribution in [-0.4, -0.2) is 49.8 Å². The van der Waals surface area contributed by atoms with E-state index < -0.39 is 34.1 Å². The molecule has 0 bridgehead atoms. The van der Waals surface area contributed by atoms with E-state index in [1.165, 1.54) is 17.0 Å².